The number of aryl methyl sites for hydroxylation is 4. The third kappa shape index (κ3) is 15.3. The highest BCUT2D eigenvalue weighted by Crippen LogP contribution is 2.41. The highest BCUT2D eigenvalue weighted by molar-refractivity contribution is 5.45. The van der Waals surface area contributed by atoms with Gasteiger partial charge in [-0.15, -0.1) is 0 Å². The summed E-state index contributed by atoms with van der Waals surface area (Å²) in [6.07, 6.45) is 42.7. The molecule has 2 aromatic carbocycles. The first kappa shape index (κ1) is 46.9. The fraction of sp³-hybridized carbons (Fsp3) is 0.643. The van der Waals surface area contributed by atoms with Crippen LogP contribution in [-0.2, 0) is 38.5 Å². The number of aromatic nitrogens is 4. The lowest BCUT2D eigenvalue weighted by molar-refractivity contribution is 0.312. The Kier molecular flexibility index (Phi) is 20.1. The quantitative estimate of drug-likeness (QED) is 0.0590. The first-order chi connectivity index (χ1) is 30.0. The van der Waals surface area contributed by atoms with E-state index in [0.717, 1.165) is 61.7 Å². The Morgan fingerprint density at radius 2 is 0.770 bits per heavy atom. The normalized spacial score (nSPS) is 19.3. The lowest BCUT2D eigenvalue weighted by Crippen LogP contribution is -2.18. The zero-order valence-corrected chi connectivity index (χ0v) is 39.1. The number of rotatable bonds is 26. The molecule has 0 spiro atoms. The van der Waals surface area contributed by atoms with Gasteiger partial charge >= 0.3 is 0 Å². The molecule has 5 heteroatoms. The van der Waals surface area contributed by atoms with Crippen LogP contribution in [0.2, 0.25) is 0 Å². The van der Waals surface area contributed by atoms with Gasteiger partial charge in [-0.05, 0) is 173 Å². The maximum atomic E-state index is 7.10. The van der Waals surface area contributed by atoms with Gasteiger partial charge in [-0.25, -0.2) is 19.9 Å². The average Bonchev–Trinajstić information content (AvgIpc) is 3.30. The molecular formula is C56H82N4O. The molecule has 0 amide bonds. The molecule has 5 nitrogen and oxygen atoms in total. The summed E-state index contributed by atoms with van der Waals surface area (Å²) in [5, 5.41) is 0. The van der Waals surface area contributed by atoms with Crippen LogP contribution in [0.25, 0.3) is 0 Å². The first-order valence-electron chi connectivity index (χ1n) is 25.6. The van der Waals surface area contributed by atoms with Gasteiger partial charge in [0.2, 0.25) is 0 Å². The van der Waals surface area contributed by atoms with Crippen LogP contribution in [0.1, 0.15) is 226 Å². The summed E-state index contributed by atoms with van der Waals surface area (Å²) in [6, 6.07) is 14.2. The summed E-state index contributed by atoms with van der Waals surface area (Å²) in [7, 11) is 0. The number of hydrogen-bond acceptors (Lipinski definition) is 5. The van der Waals surface area contributed by atoms with E-state index < -0.39 is 0 Å². The summed E-state index contributed by atoms with van der Waals surface area (Å²) in [5.41, 5.74) is 8.27. The van der Waals surface area contributed by atoms with Crippen LogP contribution >= 0.6 is 0 Å². The van der Waals surface area contributed by atoms with Crippen LogP contribution in [0.15, 0.2) is 61.2 Å². The molecule has 0 radical (unpaired) electrons. The maximum Gasteiger partial charge on any atom is 0.131 e. The van der Waals surface area contributed by atoms with E-state index in [1.165, 1.54) is 175 Å². The van der Waals surface area contributed by atoms with Gasteiger partial charge in [0.25, 0.3) is 0 Å². The van der Waals surface area contributed by atoms with Crippen molar-refractivity contribution in [3.05, 3.63) is 106 Å². The third-order valence-corrected chi connectivity index (χ3v) is 14.1. The summed E-state index contributed by atoms with van der Waals surface area (Å²) in [4.78, 5) is 19.6. The summed E-state index contributed by atoms with van der Waals surface area (Å²) in [6.45, 7) is 9.15. The molecule has 0 unspecified atom stereocenters. The Labute approximate surface area is 372 Å². The first-order valence-corrected chi connectivity index (χ1v) is 25.6. The molecule has 2 fully saturated rings. The molecule has 4 aromatic rings. The van der Waals surface area contributed by atoms with Crippen molar-refractivity contribution < 1.29 is 4.74 Å². The SMILES string of the molecule is CCCCCCCc1cnc(C2CCC(Cc3cc(CCCC)ccc3Oc3ccc(CCCC)cc3CC3CCC(c4ncc(CCCCCCC)cn4)CC3)CC2)nc1. The second-order valence-corrected chi connectivity index (χ2v) is 19.3. The molecule has 0 bridgehead atoms. The molecular weight excluding hydrogens is 745 g/mol. The summed E-state index contributed by atoms with van der Waals surface area (Å²) >= 11 is 0. The highest BCUT2D eigenvalue weighted by Gasteiger charge is 2.27. The Hall–Kier alpha value is -3.60. The Balaban J connectivity index is 1.08. The Morgan fingerprint density at radius 3 is 1.15 bits per heavy atom. The van der Waals surface area contributed by atoms with Crippen molar-refractivity contribution in [3.8, 4) is 11.5 Å². The van der Waals surface area contributed by atoms with E-state index in [0.29, 0.717) is 23.7 Å². The topological polar surface area (TPSA) is 60.8 Å². The smallest absolute Gasteiger partial charge is 0.131 e. The van der Waals surface area contributed by atoms with E-state index in [9.17, 15) is 0 Å². The summed E-state index contributed by atoms with van der Waals surface area (Å²) < 4.78 is 7.10. The zero-order valence-electron chi connectivity index (χ0n) is 39.1. The van der Waals surface area contributed by atoms with E-state index in [1.807, 2.05) is 0 Å². The molecule has 332 valence electrons. The monoisotopic (exact) mass is 827 g/mol. The van der Waals surface area contributed by atoms with Crippen LogP contribution in [-0.4, -0.2) is 19.9 Å². The fourth-order valence-electron chi connectivity index (χ4n) is 10.1. The Morgan fingerprint density at radius 1 is 0.410 bits per heavy atom. The van der Waals surface area contributed by atoms with Gasteiger partial charge in [0.05, 0.1) is 0 Å². The van der Waals surface area contributed by atoms with Gasteiger partial charge in [-0.3, -0.25) is 0 Å². The standard InChI is InChI=1S/C56H82N4O/c1-5-9-13-15-17-21-47-39-57-55(58-40-47)49-29-23-45(24-30-49)37-51-35-43(19-11-7-3)27-33-53(51)61-54-34-28-44(20-12-8-4)36-52(54)38-46-25-31-50(32-26-46)56-59-41-48(42-60-56)22-18-16-14-10-6-2/h27-28,33-36,39-42,45-46,49-50H,5-26,29-32,37-38H2,1-4H3. The third-order valence-electron chi connectivity index (χ3n) is 14.1. The van der Waals surface area contributed by atoms with Gasteiger partial charge < -0.3 is 4.74 Å². The van der Waals surface area contributed by atoms with Gasteiger partial charge in [0, 0.05) is 36.6 Å². The minimum absolute atomic E-state index is 0.480. The van der Waals surface area contributed by atoms with Crippen molar-refractivity contribution in [2.45, 2.75) is 219 Å². The number of hydrogen-bond donors (Lipinski definition) is 0. The van der Waals surface area contributed by atoms with E-state index in [4.69, 9.17) is 24.7 Å². The molecule has 2 saturated carbocycles. The van der Waals surface area contributed by atoms with Gasteiger partial charge in [0.1, 0.15) is 23.1 Å². The van der Waals surface area contributed by atoms with E-state index >= 15 is 0 Å². The number of benzene rings is 2. The van der Waals surface area contributed by atoms with E-state index in [-0.39, 0.29) is 0 Å². The lowest BCUT2D eigenvalue weighted by atomic mass is 9.78. The number of unbranched alkanes of at least 4 members (excludes halogenated alkanes) is 10. The van der Waals surface area contributed by atoms with Gasteiger partial charge in [-0.1, -0.05) is 116 Å². The van der Waals surface area contributed by atoms with Crippen LogP contribution in [0.3, 0.4) is 0 Å². The molecule has 0 aliphatic heterocycles. The predicted molar refractivity (Wildman–Crippen MR) is 256 cm³/mol. The number of ether oxygens (including phenoxy) is 1. The summed E-state index contributed by atoms with van der Waals surface area (Å²) in [5.74, 6) is 6.52. The van der Waals surface area contributed by atoms with Crippen molar-refractivity contribution in [2.75, 3.05) is 0 Å². The second kappa shape index (κ2) is 26.1. The van der Waals surface area contributed by atoms with Crippen molar-refractivity contribution in [2.24, 2.45) is 11.8 Å². The molecule has 61 heavy (non-hydrogen) atoms. The molecule has 6 rings (SSSR count). The van der Waals surface area contributed by atoms with Crippen LogP contribution < -0.4 is 4.74 Å². The lowest BCUT2D eigenvalue weighted by Gasteiger charge is -2.29. The zero-order chi connectivity index (χ0) is 42.5. The Bertz CT molecular complexity index is 1670. The molecule has 2 heterocycles. The predicted octanol–water partition coefficient (Wildman–Crippen LogP) is 15.8. The van der Waals surface area contributed by atoms with Crippen LogP contribution in [0.5, 0.6) is 11.5 Å². The second-order valence-electron chi connectivity index (χ2n) is 19.3. The van der Waals surface area contributed by atoms with Crippen molar-refractivity contribution >= 4 is 0 Å². The molecule has 2 aliphatic rings. The largest absolute Gasteiger partial charge is 0.457 e. The average molecular weight is 827 g/mol. The minimum Gasteiger partial charge on any atom is -0.457 e. The van der Waals surface area contributed by atoms with Crippen molar-refractivity contribution in [3.63, 3.8) is 0 Å². The minimum atomic E-state index is 0.480. The van der Waals surface area contributed by atoms with Gasteiger partial charge in [-0.2, -0.15) is 0 Å². The fourth-order valence-corrected chi connectivity index (χ4v) is 10.1. The molecule has 2 aliphatic carbocycles. The van der Waals surface area contributed by atoms with Crippen LogP contribution in [0, 0.1) is 11.8 Å². The van der Waals surface area contributed by atoms with Crippen molar-refractivity contribution in [1.29, 1.82) is 0 Å². The molecule has 0 N–H and O–H groups in total. The maximum absolute atomic E-state index is 7.10. The van der Waals surface area contributed by atoms with Gasteiger partial charge in [0.15, 0.2) is 0 Å². The molecule has 2 aromatic heterocycles. The highest BCUT2D eigenvalue weighted by atomic mass is 16.5. The van der Waals surface area contributed by atoms with Crippen LogP contribution in [0.4, 0.5) is 0 Å². The molecule has 0 saturated heterocycles. The molecule has 0 atom stereocenters. The van der Waals surface area contributed by atoms with Crippen molar-refractivity contribution in [1.82, 2.24) is 19.9 Å². The van der Waals surface area contributed by atoms with E-state index in [2.05, 4.69) is 88.9 Å². The number of nitrogens with zero attached hydrogens (tertiary/aromatic N) is 4. The van der Waals surface area contributed by atoms with E-state index in [1.54, 1.807) is 0 Å².